The second-order valence-corrected chi connectivity index (χ2v) is 3.98. The first-order valence-corrected chi connectivity index (χ1v) is 5.24. The molecule has 16 heavy (non-hydrogen) atoms. The summed E-state index contributed by atoms with van der Waals surface area (Å²) in [4.78, 5) is 11.8. The van der Waals surface area contributed by atoms with Gasteiger partial charge in [0.05, 0.1) is 17.0 Å². The Morgan fingerprint density at radius 3 is 2.81 bits per heavy atom. The van der Waals surface area contributed by atoms with Crippen molar-refractivity contribution in [3.8, 4) is 0 Å². The van der Waals surface area contributed by atoms with E-state index in [4.69, 9.17) is 5.11 Å². The lowest BCUT2D eigenvalue weighted by atomic mass is 10.1. The van der Waals surface area contributed by atoms with E-state index in [2.05, 4.69) is 15.5 Å². The SMILES string of the molecule is Cc1cc(C(=O)NCC(C)CO)c(C)nn1. The summed E-state index contributed by atoms with van der Waals surface area (Å²) >= 11 is 0. The smallest absolute Gasteiger partial charge is 0.253 e. The molecule has 5 heteroatoms. The average Bonchev–Trinajstić information content (AvgIpc) is 2.28. The maximum atomic E-state index is 11.8. The van der Waals surface area contributed by atoms with Crippen molar-refractivity contribution in [2.75, 3.05) is 13.2 Å². The van der Waals surface area contributed by atoms with Gasteiger partial charge in [0, 0.05) is 13.2 Å². The molecule has 88 valence electrons. The summed E-state index contributed by atoms with van der Waals surface area (Å²) in [5.41, 5.74) is 1.86. The van der Waals surface area contributed by atoms with Gasteiger partial charge in [0.25, 0.3) is 5.91 Å². The summed E-state index contributed by atoms with van der Waals surface area (Å²) in [6.07, 6.45) is 0. The van der Waals surface area contributed by atoms with Crippen LogP contribution in [0.25, 0.3) is 0 Å². The minimum Gasteiger partial charge on any atom is -0.396 e. The lowest BCUT2D eigenvalue weighted by molar-refractivity contribution is 0.0941. The fourth-order valence-corrected chi connectivity index (χ4v) is 1.21. The highest BCUT2D eigenvalue weighted by molar-refractivity contribution is 5.95. The first-order chi connectivity index (χ1) is 7.54. The molecule has 0 aliphatic heterocycles. The van der Waals surface area contributed by atoms with E-state index >= 15 is 0 Å². The number of carbonyl (C=O) groups excluding carboxylic acids is 1. The van der Waals surface area contributed by atoms with Gasteiger partial charge in [-0.2, -0.15) is 10.2 Å². The van der Waals surface area contributed by atoms with Crippen LogP contribution in [0, 0.1) is 19.8 Å². The molecule has 0 radical (unpaired) electrons. The Hall–Kier alpha value is -1.49. The van der Waals surface area contributed by atoms with Gasteiger partial charge >= 0.3 is 0 Å². The van der Waals surface area contributed by atoms with Crippen LogP contribution in [0.2, 0.25) is 0 Å². The Kier molecular flexibility index (Phi) is 4.37. The van der Waals surface area contributed by atoms with E-state index in [1.54, 1.807) is 19.9 Å². The third-order valence-electron chi connectivity index (χ3n) is 2.27. The minimum absolute atomic E-state index is 0.0557. The van der Waals surface area contributed by atoms with Crippen molar-refractivity contribution in [1.82, 2.24) is 15.5 Å². The summed E-state index contributed by atoms with van der Waals surface area (Å²) in [6.45, 7) is 5.92. The summed E-state index contributed by atoms with van der Waals surface area (Å²) in [6, 6.07) is 1.71. The highest BCUT2D eigenvalue weighted by Crippen LogP contribution is 2.05. The Morgan fingerprint density at radius 2 is 2.19 bits per heavy atom. The molecule has 0 aromatic carbocycles. The number of nitrogens with one attached hydrogen (secondary N) is 1. The van der Waals surface area contributed by atoms with Crippen LogP contribution in [0.4, 0.5) is 0 Å². The molecule has 0 spiro atoms. The van der Waals surface area contributed by atoms with Gasteiger partial charge in [0.2, 0.25) is 0 Å². The normalized spacial score (nSPS) is 12.2. The van der Waals surface area contributed by atoms with Gasteiger partial charge in [-0.1, -0.05) is 6.92 Å². The fraction of sp³-hybridized carbons (Fsp3) is 0.545. The minimum atomic E-state index is -0.171. The summed E-state index contributed by atoms with van der Waals surface area (Å²) in [5.74, 6) is -0.115. The van der Waals surface area contributed by atoms with Crippen LogP contribution in [-0.4, -0.2) is 34.4 Å². The van der Waals surface area contributed by atoms with Crippen molar-refractivity contribution in [2.45, 2.75) is 20.8 Å². The Labute approximate surface area is 94.9 Å². The first-order valence-electron chi connectivity index (χ1n) is 5.24. The quantitative estimate of drug-likeness (QED) is 0.777. The van der Waals surface area contributed by atoms with Crippen LogP contribution in [0.5, 0.6) is 0 Å². The summed E-state index contributed by atoms with van der Waals surface area (Å²) in [5, 5.41) is 19.3. The number of amides is 1. The fourth-order valence-electron chi connectivity index (χ4n) is 1.21. The molecule has 0 saturated carbocycles. The molecule has 1 atom stereocenters. The molecular weight excluding hydrogens is 206 g/mol. The summed E-state index contributed by atoms with van der Waals surface area (Å²) < 4.78 is 0. The van der Waals surface area contributed by atoms with E-state index in [0.29, 0.717) is 23.5 Å². The van der Waals surface area contributed by atoms with E-state index in [9.17, 15) is 4.79 Å². The number of aromatic nitrogens is 2. The van der Waals surface area contributed by atoms with E-state index in [1.165, 1.54) is 0 Å². The first kappa shape index (κ1) is 12.6. The molecular formula is C11H17N3O2. The zero-order chi connectivity index (χ0) is 12.1. The van der Waals surface area contributed by atoms with Crippen molar-refractivity contribution in [3.05, 3.63) is 23.0 Å². The molecule has 2 N–H and O–H groups in total. The van der Waals surface area contributed by atoms with E-state index < -0.39 is 0 Å². The molecule has 1 aromatic rings. The zero-order valence-electron chi connectivity index (χ0n) is 9.82. The van der Waals surface area contributed by atoms with E-state index in [1.807, 2.05) is 6.92 Å². The summed E-state index contributed by atoms with van der Waals surface area (Å²) in [7, 11) is 0. The van der Waals surface area contributed by atoms with Crippen LogP contribution in [0.1, 0.15) is 28.7 Å². The molecule has 1 amide bonds. The average molecular weight is 223 g/mol. The van der Waals surface area contributed by atoms with Crippen molar-refractivity contribution >= 4 is 5.91 Å². The second-order valence-electron chi connectivity index (χ2n) is 3.98. The maximum Gasteiger partial charge on any atom is 0.253 e. The Balaban J connectivity index is 2.69. The van der Waals surface area contributed by atoms with E-state index in [0.717, 1.165) is 0 Å². The number of hydrogen-bond acceptors (Lipinski definition) is 4. The van der Waals surface area contributed by atoms with Crippen molar-refractivity contribution in [2.24, 2.45) is 5.92 Å². The van der Waals surface area contributed by atoms with Crippen LogP contribution in [0.3, 0.4) is 0 Å². The number of aliphatic hydroxyl groups is 1. The van der Waals surface area contributed by atoms with Crippen molar-refractivity contribution in [3.63, 3.8) is 0 Å². The number of carbonyl (C=O) groups is 1. The van der Waals surface area contributed by atoms with Crippen molar-refractivity contribution < 1.29 is 9.90 Å². The number of aliphatic hydroxyl groups excluding tert-OH is 1. The third-order valence-corrected chi connectivity index (χ3v) is 2.27. The van der Waals surface area contributed by atoms with Crippen molar-refractivity contribution in [1.29, 1.82) is 0 Å². The number of rotatable bonds is 4. The Bertz CT molecular complexity index is 379. The topological polar surface area (TPSA) is 75.1 Å². The van der Waals surface area contributed by atoms with Gasteiger partial charge in [-0.25, -0.2) is 0 Å². The third kappa shape index (κ3) is 3.27. The maximum absolute atomic E-state index is 11.8. The standard InChI is InChI=1S/C11H17N3O2/c1-7(6-15)5-12-11(16)10-4-8(2)13-14-9(10)3/h4,7,15H,5-6H2,1-3H3,(H,12,16). The molecule has 1 aromatic heterocycles. The zero-order valence-corrected chi connectivity index (χ0v) is 9.82. The molecule has 1 unspecified atom stereocenters. The molecule has 0 fully saturated rings. The number of aryl methyl sites for hydroxylation is 2. The van der Waals surface area contributed by atoms with Crippen LogP contribution < -0.4 is 5.32 Å². The van der Waals surface area contributed by atoms with Crippen LogP contribution in [-0.2, 0) is 0 Å². The lowest BCUT2D eigenvalue weighted by Gasteiger charge is -2.10. The molecule has 0 aliphatic rings. The molecule has 1 heterocycles. The second kappa shape index (κ2) is 5.55. The predicted molar refractivity (Wildman–Crippen MR) is 60.1 cm³/mol. The highest BCUT2D eigenvalue weighted by Gasteiger charge is 2.11. The van der Waals surface area contributed by atoms with Crippen LogP contribution >= 0.6 is 0 Å². The van der Waals surface area contributed by atoms with Gasteiger partial charge in [0.15, 0.2) is 0 Å². The van der Waals surface area contributed by atoms with Gasteiger partial charge < -0.3 is 10.4 Å². The Morgan fingerprint density at radius 1 is 1.50 bits per heavy atom. The molecule has 5 nitrogen and oxygen atoms in total. The van der Waals surface area contributed by atoms with Gasteiger partial charge in [-0.05, 0) is 25.8 Å². The highest BCUT2D eigenvalue weighted by atomic mass is 16.3. The lowest BCUT2D eigenvalue weighted by Crippen LogP contribution is -2.30. The molecule has 1 rings (SSSR count). The molecule has 0 bridgehead atoms. The van der Waals surface area contributed by atoms with Gasteiger partial charge in [0.1, 0.15) is 0 Å². The van der Waals surface area contributed by atoms with Crippen LogP contribution in [0.15, 0.2) is 6.07 Å². The molecule has 0 saturated heterocycles. The predicted octanol–water partition coefficient (Wildman–Crippen LogP) is 0.452. The monoisotopic (exact) mass is 223 g/mol. The largest absolute Gasteiger partial charge is 0.396 e. The van der Waals surface area contributed by atoms with Gasteiger partial charge in [-0.15, -0.1) is 0 Å². The number of hydrogen-bond donors (Lipinski definition) is 2. The molecule has 0 aliphatic carbocycles. The van der Waals surface area contributed by atoms with Gasteiger partial charge in [-0.3, -0.25) is 4.79 Å². The number of nitrogens with zero attached hydrogens (tertiary/aromatic N) is 2. The van der Waals surface area contributed by atoms with E-state index in [-0.39, 0.29) is 18.4 Å².